The summed E-state index contributed by atoms with van der Waals surface area (Å²) in [6, 6.07) is 1.43. The molecule has 1 atom stereocenters. The molecular formula is C14H28N2O2S. The molecule has 0 spiro atoms. The van der Waals surface area contributed by atoms with Crippen molar-refractivity contribution < 1.29 is 9.84 Å². The predicted molar refractivity (Wildman–Crippen MR) is 80.8 cm³/mol. The molecule has 0 aromatic carbocycles. The van der Waals surface area contributed by atoms with E-state index in [1.807, 2.05) is 0 Å². The number of hydrogen-bond acceptors (Lipinski definition) is 5. The number of thioether (sulfide) groups is 1. The fourth-order valence-electron chi connectivity index (χ4n) is 3.02. The zero-order valence-corrected chi connectivity index (χ0v) is 12.8. The quantitative estimate of drug-likeness (QED) is 0.762. The van der Waals surface area contributed by atoms with Gasteiger partial charge in [-0.3, -0.25) is 0 Å². The maximum atomic E-state index is 9.74. The van der Waals surface area contributed by atoms with E-state index in [0.717, 1.165) is 25.7 Å². The van der Waals surface area contributed by atoms with Crippen LogP contribution in [-0.4, -0.2) is 73.1 Å². The maximum Gasteiger partial charge on any atom is 0.0900 e. The number of aliphatic hydroxyl groups excluding tert-OH is 1. The number of ether oxygens (including phenoxy) is 1. The molecule has 2 rings (SSSR count). The molecule has 2 N–H and O–H groups in total. The number of nitrogens with zero attached hydrogens (tertiary/aromatic N) is 1. The normalized spacial score (nSPS) is 25.6. The second kappa shape index (κ2) is 8.47. The average Bonchev–Trinajstić information content (AvgIpc) is 2.42. The molecule has 2 fully saturated rings. The minimum atomic E-state index is -0.343. The Balaban J connectivity index is 1.61. The van der Waals surface area contributed by atoms with Crippen molar-refractivity contribution >= 4 is 11.8 Å². The number of methoxy groups -OCH3 is 1. The zero-order valence-electron chi connectivity index (χ0n) is 12.0. The van der Waals surface area contributed by atoms with E-state index in [1.54, 1.807) is 7.11 Å². The van der Waals surface area contributed by atoms with Crippen molar-refractivity contribution in [1.82, 2.24) is 10.2 Å². The van der Waals surface area contributed by atoms with Crippen molar-refractivity contribution in [2.75, 3.05) is 44.9 Å². The SMILES string of the molecule is COCC(O)CN1CCC(NC2CCSCC2)CC1. The molecule has 0 radical (unpaired) electrons. The molecule has 4 nitrogen and oxygen atoms in total. The van der Waals surface area contributed by atoms with E-state index in [-0.39, 0.29) is 6.10 Å². The second-order valence-corrected chi connectivity index (χ2v) is 6.96. The van der Waals surface area contributed by atoms with Gasteiger partial charge in [0.1, 0.15) is 0 Å². The minimum absolute atomic E-state index is 0.343. The first-order valence-electron chi connectivity index (χ1n) is 7.51. The summed E-state index contributed by atoms with van der Waals surface area (Å²) in [6.45, 7) is 3.39. The summed E-state index contributed by atoms with van der Waals surface area (Å²) in [7, 11) is 1.64. The molecule has 2 saturated heterocycles. The topological polar surface area (TPSA) is 44.7 Å². The summed E-state index contributed by atoms with van der Waals surface area (Å²) in [6.07, 6.45) is 4.74. The van der Waals surface area contributed by atoms with E-state index in [4.69, 9.17) is 4.74 Å². The summed E-state index contributed by atoms with van der Waals surface area (Å²) < 4.78 is 4.98. The molecule has 1 unspecified atom stereocenters. The molecule has 0 aromatic rings. The van der Waals surface area contributed by atoms with Crippen LogP contribution >= 0.6 is 11.8 Å². The highest BCUT2D eigenvalue weighted by atomic mass is 32.2. The number of likely N-dealkylation sites (tertiary alicyclic amines) is 1. The Morgan fingerprint density at radius 2 is 1.84 bits per heavy atom. The largest absolute Gasteiger partial charge is 0.389 e. The lowest BCUT2D eigenvalue weighted by molar-refractivity contribution is 0.0307. The average molecular weight is 288 g/mol. The van der Waals surface area contributed by atoms with Crippen molar-refractivity contribution in [3.63, 3.8) is 0 Å². The summed E-state index contributed by atoms with van der Waals surface area (Å²) in [5.41, 5.74) is 0. The molecule has 2 aliphatic rings. The Labute approximate surface area is 121 Å². The summed E-state index contributed by atoms with van der Waals surface area (Å²) in [4.78, 5) is 2.36. The number of β-amino-alcohol motifs (C(OH)–C–C–N with tert-alkyl or cyclic N) is 1. The first-order valence-corrected chi connectivity index (χ1v) is 8.66. The third-order valence-electron chi connectivity index (χ3n) is 4.11. The van der Waals surface area contributed by atoms with Gasteiger partial charge in [-0.15, -0.1) is 0 Å². The third-order valence-corrected chi connectivity index (χ3v) is 5.16. The lowest BCUT2D eigenvalue weighted by Gasteiger charge is -2.36. The van der Waals surface area contributed by atoms with Crippen LogP contribution < -0.4 is 5.32 Å². The van der Waals surface area contributed by atoms with Gasteiger partial charge in [-0.05, 0) is 50.3 Å². The van der Waals surface area contributed by atoms with Crippen LogP contribution in [0.1, 0.15) is 25.7 Å². The third kappa shape index (κ3) is 5.60. The minimum Gasteiger partial charge on any atom is -0.389 e. The van der Waals surface area contributed by atoms with Gasteiger partial charge in [0.2, 0.25) is 0 Å². The molecule has 0 bridgehead atoms. The lowest BCUT2D eigenvalue weighted by atomic mass is 10.0. The smallest absolute Gasteiger partial charge is 0.0900 e. The van der Waals surface area contributed by atoms with Crippen molar-refractivity contribution in [2.45, 2.75) is 43.9 Å². The fourth-order valence-corrected chi connectivity index (χ4v) is 4.13. The van der Waals surface area contributed by atoms with Crippen molar-refractivity contribution in [1.29, 1.82) is 0 Å². The molecule has 2 heterocycles. The Hall–Kier alpha value is 0.190. The van der Waals surface area contributed by atoms with E-state index < -0.39 is 0 Å². The van der Waals surface area contributed by atoms with Gasteiger partial charge in [-0.2, -0.15) is 11.8 Å². The van der Waals surface area contributed by atoms with Gasteiger partial charge in [0.25, 0.3) is 0 Å². The van der Waals surface area contributed by atoms with Crippen LogP contribution in [0, 0.1) is 0 Å². The molecule has 0 aromatic heterocycles. The number of hydrogen-bond donors (Lipinski definition) is 2. The Morgan fingerprint density at radius 3 is 2.47 bits per heavy atom. The molecule has 0 saturated carbocycles. The molecule has 2 aliphatic heterocycles. The standard InChI is InChI=1S/C14H28N2O2S/c1-18-11-14(17)10-16-6-2-12(3-7-16)15-13-4-8-19-9-5-13/h12-15,17H,2-11H2,1H3. The van der Waals surface area contributed by atoms with E-state index in [9.17, 15) is 5.11 Å². The molecular weight excluding hydrogens is 260 g/mol. The van der Waals surface area contributed by atoms with Gasteiger partial charge in [-0.1, -0.05) is 0 Å². The highest BCUT2D eigenvalue weighted by Gasteiger charge is 2.23. The van der Waals surface area contributed by atoms with Gasteiger partial charge in [-0.25, -0.2) is 0 Å². The van der Waals surface area contributed by atoms with Crippen LogP contribution in [0.25, 0.3) is 0 Å². The summed E-state index contributed by atoms with van der Waals surface area (Å²) in [5, 5.41) is 13.6. The van der Waals surface area contributed by atoms with Crippen molar-refractivity contribution in [3.8, 4) is 0 Å². The number of aliphatic hydroxyl groups is 1. The van der Waals surface area contributed by atoms with Gasteiger partial charge in [0.15, 0.2) is 0 Å². The number of nitrogens with one attached hydrogen (secondary N) is 1. The zero-order chi connectivity index (χ0) is 13.5. The first kappa shape index (κ1) is 15.6. The van der Waals surface area contributed by atoms with Crippen LogP contribution in [-0.2, 0) is 4.74 Å². The van der Waals surface area contributed by atoms with Crippen LogP contribution in [0.4, 0.5) is 0 Å². The molecule has 0 amide bonds. The first-order chi connectivity index (χ1) is 9.28. The summed E-state index contributed by atoms with van der Waals surface area (Å²) in [5.74, 6) is 2.64. The van der Waals surface area contributed by atoms with Gasteiger partial charge in [0.05, 0.1) is 12.7 Å². The lowest BCUT2D eigenvalue weighted by Crippen LogP contribution is -2.48. The van der Waals surface area contributed by atoms with Crippen LogP contribution in [0.3, 0.4) is 0 Å². The number of rotatable bonds is 6. The fraction of sp³-hybridized carbons (Fsp3) is 1.00. The molecule has 112 valence electrons. The van der Waals surface area contributed by atoms with Crippen LogP contribution in [0.15, 0.2) is 0 Å². The Morgan fingerprint density at radius 1 is 1.21 bits per heavy atom. The maximum absolute atomic E-state index is 9.74. The van der Waals surface area contributed by atoms with Gasteiger partial charge in [0, 0.05) is 25.7 Å². The van der Waals surface area contributed by atoms with E-state index in [1.165, 1.54) is 37.2 Å². The van der Waals surface area contributed by atoms with Crippen molar-refractivity contribution in [3.05, 3.63) is 0 Å². The van der Waals surface area contributed by atoms with E-state index >= 15 is 0 Å². The van der Waals surface area contributed by atoms with Crippen LogP contribution in [0.2, 0.25) is 0 Å². The highest BCUT2D eigenvalue weighted by Crippen LogP contribution is 2.19. The number of piperidine rings is 1. The predicted octanol–water partition coefficient (Wildman–Crippen LogP) is 0.943. The van der Waals surface area contributed by atoms with Crippen molar-refractivity contribution in [2.24, 2.45) is 0 Å². The highest BCUT2D eigenvalue weighted by molar-refractivity contribution is 7.99. The molecule has 0 aliphatic carbocycles. The van der Waals surface area contributed by atoms with Gasteiger partial charge >= 0.3 is 0 Å². The summed E-state index contributed by atoms with van der Waals surface area (Å²) >= 11 is 2.08. The van der Waals surface area contributed by atoms with E-state index in [0.29, 0.717) is 12.6 Å². The Kier molecular flexibility index (Phi) is 6.94. The van der Waals surface area contributed by atoms with Gasteiger partial charge < -0.3 is 20.1 Å². The Bertz CT molecular complexity index is 242. The van der Waals surface area contributed by atoms with E-state index in [2.05, 4.69) is 22.0 Å². The van der Waals surface area contributed by atoms with Crippen LogP contribution in [0.5, 0.6) is 0 Å². The monoisotopic (exact) mass is 288 g/mol. The molecule has 5 heteroatoms. The second-order valence-electron chi connectivity index (χ2n) is 5.74. The molecule has 19 heavy (non-hydrogen) atoms.